The maximum absolute atomic E-state index is 13.2. The van der Waals surface area contributed by atoms with Crippen LogP contribution in [-0.4, -0.2) is 46.9 Å². The number of hydrogen-bond donors (Lipinski definition) is 3. The van der Waals surface area contributed by atoms with Crippen LogP contribution in [0.5, 0.6) is 0 Å². The number of ether oxygens (including phenoxy) is 1. The quantitative estimate of drug-likeness (QED) is 0.0245. The van der Waals surface area contributed by atoms with Crippen molar-refractivity contribution in [1.82, 2.24) is 5.32 Å². The number of aliphatic hydroxyl groups excluding tert-OH is 2. The Morgan fingerprint density at radius 2 is 0.918 bits per heavy atom. The zero-order valence-corrected chi connectivity index (χ0v) is 40.0. The summed E-state index contributed by atoms with van der Waals surface area (Å²) in [6.45, 7) is 6.39. The van der Waals surface area contributed by atoms with Crippen LogP contribution in [0.3, 0.4) is 0 Å². The van der Waals surface area contributed by atoms with Crippen LogP contribution < -0.4 is 5.32 Å². The molecule has 3 atom stereocenters. The van der Waals surface area contributed by atoms with Gasteiger partial charge >= 0.3 is 5.97 Å². The van der Waals surface area contributed by atoms with Crippen LogP contribution >= 0.6 is 0 Å². The third kappa shape index (κ3) is 43.7. The molecule has 0 spiro atoms. The molecule has 3 unspecified atom stereocenters. The van der Waals surface area contributed by atoms with Gasteiger partial charge in [-0.05, 0) is 70.6 Å². The van der Waals surface area contributed by atoms with Crippen LogP contribution in [0.1, 0.15) is 239 Å². The second-order valence-electron chi connectivity index (χ2n) is 17.3. The van der Waals surface area contributed by atoms with E-state index in [4.69, 9.17) is 4.74 Å². The summed E-state index contributed by atoms with van der Waals surface area (Å²) in [7, 11) is 0. The van der Waals surface area contributed by atoms with Gasteiger partial charge in [-0.2, -0.15) is 0 Å². The topological polar surface area (TPSA) is 95.9 Å². The first-order valence-corrected chi connectivity index (χ1v) is 25.7. The van der Waals surface area contributed by atoms with E-state index in [9.17, 15) is 19.8 Å². The summed E-state index contributed by atoms with van der Waals surface area (Å²) in [5.74, 6) is -0.591. The molecule has 0 aliphatic carbocycles. The molecule has 0 aromatic rings. The van der Waals surface area contributed by atoms with Crippen molar-refractivity contribution in [2.75, 3.05) is 6.61 Å². The van der Waals surface area contributed by atoms with Crippen molar-refractivity contribution in [1.29, 1.82) is 0 Å². The fourth-order valence-corrected chi connectivity index (χ4v) is 7.34. The molecule has 0 aromatic heterocycles. The number of amides is 1. The number of aliphatic hydroxyl groups is 2. The van der Waals surface area contributed by atoms with Crippen LogP contribution in [-0.2, 0) is 14.3 Å². The van der Waals surface area contributed by atoms with E-state index in [2.05, 4.69) is 86.8 Å². The fourth-order valence-electron chi connectivity index (χ4n) is 7.34. The van der Waals surface area contributed by atoms with Gasteiger partial charge in [0.15, 0.2) is 0 Å². The zero-order chi connectivity index (χ0) is 44.5. The predicted octanol–water partition coefficient (Wildman–Crippen LogP) is 15.4. The van der Waals surface area contributed by atoms with Crippen molar-refractivity contribution in [3.8, 4) is 0 Å². The number of carbonyl (C=O) groups is 2. The molecule has 0 aliphatic rings. The minimum Gasteiger partial charge on any atom is -0.461 e. The van der Waals surface area contributed by atoms with Gasteiger partial charge in [-0.25, -0.2) is 0 Å². The first-order valence-electron chi connectivity index (χ1n) is 25.7. The molecule has 0 bridgehead atoms. The highest BCUT2D eigenvalue weighted by atomic mass is 16.5. The molecular formula is C55H97NO5. The van der Waals surface area contributed by atoms with E-state index in [-0.39, 0.29) is 24.9 Å². The summed E-state index contributed by atoms with van der Waals surface area (Å²) >= 11 is 0. The summed E-state index contributed by atoms with van der Waals surface area (Å²) in [5.41, 5.74) is 0. The number of rotatable bonds is 45. The highest BCUT2D eigenvalue weighted by Crippen LogP contribution is 2.16. The van der Waals surface area contributed by atoms with Crippen LogP contribution in [0, 0.1) is 0 Å². The highest BCUT2D eigenvalue weighted by molar-refractivity contribution is 5.77. The van der Waals surface area contributed by atoms with Gasteiger partial charge in [-0.1, -0.05) is 222 Å². The van der Waals surface area contributed by atoms with Crippen molar-refractivity contribution in [3.63, 3.8) is 0 Å². The third-order valence-electron chi connectivity index (χ3n) is 11.3. The van der Waals surface area contributed by atoms with E-state index in [0.717, 1.165) is 64.2 Å². The van der Waals surface area contributed by atoms with Crippen molar-refractivity contribution in [3.05, 3.63) is 72.9 Å². The number of unbranched alkanes of at least 4 members (excludes halogenated alkanes) is 23. The Morgan fingerprint density at radius 1 is 0.508 bits per heavy atom. The van der Waals surface area contributed by atoms with Crippen molar-refractivity contribution in [2.24, 2.45) is 0 Å². The molecule has 0 aromatic carbocycles. The van der Waals surface area contributed by atoms with E-state index >= 15 is 0 Å². The largest absolute Gasteiger partial charge is 0.461 e. The van der Waals surface area contributed by atoms with E-state index in [1.165, 1.54) is 128 Å². The molecule has 0 saturated heterocycles. The molecule has 0 radical (unpaired) electrons. The van der Waals surface area contributed by atoms with E-state index in [0.29, 0.717) is 19.3 Å². The Labute approximate surface area is 377 Å². The van der Waals surface area contributed by atoms with Gasteiger partial charge in [-0.15, -0.1) is 0 Å². The van der Waals surface area contributed by atoms with Crippen LogP contribution in [0.4, 0.5) is 0 Å². The normalized spacial score (nSPS) is 13.9. The van der Waals surface area contributed by atoms with E-state index < -0.39 is 18.2 Å². The lowest BCUT2D eigenvalue weighted by Gasteiger charge is -2.24. The fraction of sp³-hybridized carbons (Fsp3) is 0.745. The molecule has 6 heteroatoms. The monoisotopic (exact) mass is 852 g/mol. The van der Waals surface area contributed by atoms with Gasteiger partial charge in [0.1, 0.15) is 6.10 Å². The zero-order valence-electron chi connectivity index (χ0n) is 40.0. The Balaban J connectivity index is 4.75. The summed E-state index contributed by atoms with van der Waals surface area (Å²) in [4.78, 5) is 26.1. The molecule has 0 fully saturated rings. The van der Waals surface area contributed by atoms with Gasteiger partial charge in [0.2, 0.25) is 5.91 Å². The number of nitrogens with one attached hydrogen (secondary N) is 1. The predicted molar refractivity (Wildman–Crippen MR) is 264 cm³/mol. The van der Waals surface area contributed by atoms with Gasteiger partial charge < -0.3 is 20.3 Å². The third-order valence-corrected chi connectivity index (χ3v) is 11.3. The molecule has 0 rings (SSSR count). The van der Waals surface area contributed by atoms with Gasteiger partial charge in [0, 0.05) is 12.8 Å². The molecule has 0 aliphatic heterocycles. The second-order valence-corrected chi connectivity index (χ2v) is 17.3. The minimum absolute atomic E-state index is 0.00528. The lowest BCUT2D eigenvalue weighted by atomic mass is 10.0. The second kappa shape index (κ2) is 48.3. The van der Waals surface area contributed by atoms with Gasteiger partial charge in [0.25, 0.3) is 0 Å². The number of allylic oxidation sites excluding steroid dienone is 11. The summed E-state index contributed by atoms with van der Waals surface area (Å²) < 4.78 is 5.86. The molecule has 352 valence electrons. The Bertz CT molecular complexity index is 1140. The molecule has 0 saturated carbocycles. The summed E-state index contributed by atoms with van der Waals surface area (Å²) in [5, 5.41) is 23.7. The van der Waals surface area contributed by atoms with Gasteiger partial charge in [0.05, 0.1) is 25.2 Å². The molecule has 6 nitrogen and oxygen atoms in total. The van der Waals surface area contributed by atoms with Crippen LogP contribution in [0.25, 0.3) is 0 Å². The standard InChI is InChI=1S/C55H97NO5/c1-4-7-10-13-16-19-22-25-27-29-31-34-37-40-43-46-51(61-55(60)48-45-42-39-36-33-30-28-26-23-20-17-14-11-8-5-2)49-54(59)56-52(50-57)53(58)47-44-41-38-35-32-24-21-18-15-12-9-6-3/h16-17,19-20,23,25-27,31,34,40,43,51-53,57-58H,4-15,18,21-22,24,28-30,32-33,35-39,41-42,44-50H2,1-3H3,(H,56,59)/b19-16-,20-17+,26-23+,27-25-,34-31-,43-40-. The SMILES string of the molecule is CCCCC/C=C\C/C=C\C/C=C\C/C=C\CC(CC(=O)NC(CO)C(O)CCCCCCCCCCCCCC)OC(=O)CCCCCCCC/C=C/C=C/CCCCC. The van der Waals surface area contributed by atoms with E-state index in [1.54, 1.807) is 0 Å². The smallest absolute Gasteiger partial charge is 0.306 e. The first-order chi connectivity index (χ1) is 30.0. The Kier molecular flexibility index (Phi) is 46.2. The molecule has 1 amide bonds. The van der Waals surface area contributed by atoms with Crippen LogP contribution in [0.15, 0.2) is 72.9 Å². The summed E-state index contributed by atoms with van der Waals surface area (Å²) in [6.07, 6.45) is 61.1. The maximum Gasteiger partial charge on any atom is 0.306 e. The lowest BCUT2D eigenvalue weighted by molar-refractivity contribution is -0.150. The lowest BCUT2D eigenvalue weighted by Crippen LogP contribution is -2.46. The van der Waals surface area contributed by atoms with Crippen molar-refractivity contribution in [2.45, 2.75) is 257 Å². The molecule has 3 N–H and O–H groups in total. The average molecular weight is 852 g/mol. The average Bonchev–Trinajstić information content (AvgIpc) is 3.25. The summed E-state index contributed by atoms with van der Waals surface area (Å²) in [6, 6.07) is -0.735. The maximum atomic E-state index is 13.2. The molecule has 0 heterocycles. The Hall–Kier alpha value is -2.70. The number of carbonyl (C=O) groups excluding carboxylic acids is 2. The Morgan fingerprint density at radius 3 is 1.44 bits per heavy atom. The van der Waals surface area contributed by atoms with Gasteiger partial charge in [-0.3, -0.25) is 9.59 Å². The molecule has 61 heavy (non-hydrogen) atoms. The molecular weight excluding hydrogens is 755 g/mol. The first kappa shape index (κ1) is 58.3. The van der Waals surface area contributed by atoms with Crippen LogP contribution in [0.2, 0.25) is 0 Å². The highest BCUT2D eigenvalue weighted by Gasteiger charge is 2.23. The van der Waals surface area contributed by atoms with Crippen molar-refractivity contribution >= 4 is 11.9 Å². The minimum atomic E-state index is -0.815. The van der Waals surface area contributed by atoms with Crippen molar-refractivity contribution < 1.29 is 24.5 Å². The number of esters is 1. The number of hydrogen-bond acceptors (Lipinski definition) is 5. The van der Waals surface area contributed by atoms with E-state index in [1.807, 2.05) is 12.2 Å².